The van der Waals surface area contributed by atoms with Crippen LogP contribution in [-0.2, 0) is 11.3 Å². The predicted octanol–water partition coefficient (Wildman–Crippen LogP) is 1.15. The molecule has 0 spiro atoms. The lowest BCUT2D eigenvalue weighted by Crippen LogP contribution is -2.19. The Morgan fingerprint density at radius 3 is 3.00 bits per heavy atom. The first kappa shape index (κ1) is 11.4. The van der Waals surface area contributed by atoms with Gasteiger partial charge in [0.25, 0.3) is 0 Å². The highest BCUT2D eigenvalue weighted by Crippen LogP contribution is 2.18. The largest absolute Gasteiger partial charge is 0.396 e. The smallest absolute Gasteiger partial charge is 0.246 e. The second-order valence-corrected chi connectivity index (χ2v) is 3.78. The van der Waals surface area contributed by atoms with Crippen molar-refractivity contribution in [2.24, 2.45) is 0 Å². The Balaban J connectivity index is 2.01. The summed E-state index contributed by atoms with van der Waals surface area (Å²) in [6.45, 7) is 0.0718. The SMILES string of the molecule is Nc1cnn(CC(=O)Nc2cnccc2Cl)c1. The molecular formula is C10H10ClN5O. The minimum Gasteiger partial charge on any atom is -0.396 e. The van der Waals surface area contributed by atoms with Gasteiger partial charge in [-0.05, 0) is 6.07 Å². The highest BCUT2D eigenvalue weighted by molar-refractivity contribution is 6.33. The Morgan fingerprint density at radius 2 is 2.35 bits per heavy atom. The zero-order chi connectivity index (χ0) is 12.3. The number of nitrogens with zero attached hydrogens (tertiary/aromatic N) is 3. The molecule has 2 aromatic heterocycles. The molecule has 88 valence electrons. The van der Waals surface area contributed by atoms with Gasteiger partial charge in [-0.1, -0.05) is 11.6 Å². The van der Waals surface area contributed by atoms with Crippen LogP contribution in [0.2, 0.25) is 5.02 Å². The maximum Gasteiger partial charge on any atom is 0.246 e. The van der Waals surface area contributed by atoms with Crippen LogP contribution in [0.5, 0.6) is 0 Å². The van der Waals surface area contributed by atoms with Gasteiger partial charge in [-0.25, -0.2) is 0 Å². The number of hydrogen-bond acceptors (Lipinski definition) is 4. The van der Waals surface area contributed by atoms with Gasteiger partial charge in [0, 0.05) is 12.4 Å². The summed E-state index contributed by atoms with van der Waals surface area (Å²) in [5.74, 6) is -0.247. The summed E-state index contributed by atoms with van der Waals surface area (Å²) in [6, 6.07) is 1.60. The van der Waals surface area contributed by atoms with Crippen LogP contribution in [-0.4, -0.2) is 20.7 Å². The van der Waals surface area contributed by atoms with Crippen molar-refractivity contribution >= 4 is 28.9 Å². The van der Waals surface area contributed by atoms with Gasteiger partial charge in [-0.3, -0.25) is 14.5 Å². The van der Waals surface area contributed by atoms with Gasteiger partial charge in [-0.2, -0.15) is 5.10 Å². The Hall–Kier alpha value is -2.08. The Labute approximate surface area is 102 Å². The van der Waals surface area contributed by atoms with E-state index < -0.39 is 0 Å². The molecule has 3 N–H and O–H groups in total. The lowest BCUT2D eigenvalue weighted by Gasteiger charge is -2.06. The molecule has 0 aromatic carbocycles. The topological polar surface area (TPSA) is 85.8 Å². The molecule has 1 amide bonds. The van der Waals surface area contributed by atoms with Gasteiger partial charge >= 0.3 is 0 Å². The first-order chi connectivity index (χ1) is 8.15. The Morgan fingerprint density at radius 1 is 1.53 bits per heavy atom. The standard InChI is InChI=1S/C10H10ClN5O/c11-8-1-2-13-4-9(8)15-10(17)6-16-5-7(12)3-14-16/h1-5H,6,12H2,(H,15,17). The number of nitrogens with one attached hydrogen (secondary N) is 1. The number of amides is 1. The molecule has 2 rings (SSSR count). The minimum absolute atomic E-state index is 0.0718. The number of pyridine rings is 1. The van der Waals surface area contributed by atoms with Gasteiger partial charge in [0.05, 0.1) is 28.8 Å². The van der Waals surface area contributed by atoms with E-state index in [4.69, 9.17) is 17.3 Å². The molecule has 0 atom stereocenters. The van der Waals surface area contributed by atoms with Crippen molar-refractivity contribution in [1.29, 1.82) is 0 Å². The molecule has 0 aliphatic rings. The summed E-state index contributed by atoms with van der Waals surface area (Å²) < 4.78 is 1.44. The van der Waals surface area contributed by atoms with E-state index in [9.17, 15) is 4.79 Å². The molecule has 2 heterocycles. The molecule has 6 nitrogen and oxygen atoms in total. The fraction of sp³-hybridized carbons (Fsp3) is 0.100. The zero-order valence-corrected chi connectivity index (χ0v) is 9.55. The summed E-state index contributed by atoms with van der Waals surface area (Å²) in [6.07, 6.45) is 6.08. The van der Waals surface area contributed by atoms with Gasteiger partial charge < -0.3 is 11.1 Å². The third kappa shape index (κ3) is 2.94. The van der Waals surface area contributed by atoms with Crippen LogP contribution in [0.4, 0.5) is 11.4 Å². The molecule has 0 saturated carbocycles. The minimum atomic E-state index is -0.247. The normalized spacial score (nSPS) is 10.2. The van der Waals surface area contributed by atoms with Crippen LogP contribution < -0.4 is 11.1 Å². The summed E-state index contributed by atoms with van der Waals surface area (Å²) in [4.78, 5) is 15.5. The average Bonchev–Trinajstić information content (AvgIpc) is 2.67. The second kappa shape index (κ2) is 4.84. The van der Waals surface area contributed by atoms with Gasteiger partial charge in [0.2, 0.25) is 5.91 Å². The van der Waals surface area contributed by atoms with Crippen molar-refractivity contribution in [1.82, 2.24) is 14.8 Å². The van der Waals surface area contributed by atoms with E-state index in [1.54, 1.807) is 18.5 Å². The van der Waals surface area contributed by atoms with Crippen LogP contribution >= 0.6 is 11.6 Å². The van der Waals surface area contributed by atoms with E-state index in [0.29, 0.717) is 16.4 Å². The molecule has 0 aliphatic heterocycles. The first-order valence-electron chi connectivity index (χ1n) is 4.82. The predicted molar refractivity (Wildman–Crippen MR) is 64.5 cm³/mol. The molecule has 2 aromatic rings. The van der Waals surface area contributed by atoms with Crippen molar-refractivity contribution in [3.05, 3.63) is 35.9 Å². The maximum atomic E-state index is 11.6. The molecule has 0 radical (unpaired) electrons. The number of aromatic nitrogens is 3. The molecule has 7 heteroatoms. The Bertz CT molecular complexity index is 539. The average molecular weight is 252 g/mol. The maximum absolute atomic E-state index is 11.6. The lowest BCUT2D eigenvalue weighted by molar-refractivity contribution is -0.116. The Kier molecular flexibility index (Phi) is 3.24. The summed E-state index contributed by atoms with van der Waals surface area (Å²) in [5.41, 5.74) is 6.47. The van der Waals surface area contributed by atoms with Crippen molar-refractivity contribution < 1.29 is 4.79 Å². The number of carbonyl (C=O) groups is 1. The fourth-order valence-corrected chi connectivity index (χ4v) is 1.42. The number of anilines is 2. The molecule has 0 fully saturated rings. The van der Waals surface area contributed by atoms with E-state index in [-0.39, 0.29) is 12.5 Å². The molecule has 0 saturated heterocycles. The fourth-order valence-electron chi connectivity index (χ4n) is 1.27. The van der Waals surface area contributed by atoms with Crippen LogP contribution in [0, 0.1) is 0 Å². The quantitative estimate of drug-likeness (QED) is 0.857. The number of halogens is 1. The molecule has 0 bridgehead atoms. The van der Waals surface area contributed by atoms with E-state index in [1.165, 1.54) is 17.1 Å². The highest BCUT2D eigenvalue weighted by atomic mass is 35.5. The third-order valence-electron chi connectivity index (χ3n) is 2.00. The number of nitrogen functional groups attached to an aromatic ring is 1. The van der Waals surface area contributed by atoms with Crippen LogP contribution in [0.15, 0.2) is 30.9 Å². The number of carbonyl (C=O) groups excluding carboxylic acids is 1. The van der Waals surface area contributed by atoms with Crippen molar-refractivity contribution in [3.63, 3.8) is 0 Å². The van der Waals surface area contributed by atoms with E-state index in [1.807, 2.05) is 0 Å². The van der Waals surface area contributed by atoms with Crippen LogP contribution in [0.1, 0.15) is 0 Å². The lowest BCUT2D eigenvalue weighted by atomic mass is 10.4. The first-order valence-corrected chi connectivity index (χ1v) is 5.20. The monoisotopic (exact) mass is 251 g/mol. The molecule has 0 unspecified atom stereocenters. The van der Waals surface area contributed by atoms with Gasteiger partial charge in [0.15, 0.2) is 0 Å². The summed E-state index contributed by atoms with van der Waals surface area (Å²) >= 11 is 5.88. The van der Waals surface area contributed by atoms with Crippen LogP contribution in [0.3, 0.4) is 0 Å². The van der Waals surface area contributed by atoms with Gasteiger partial charge in [0.1, 0.15) is 6.54 Å². The number of hydrogen-bond donors (Lipinski definition) is 2. The van der Waals surface area contributed by atoms with E-state index >= 15 is 0 Å². The van der Waals surface area contributed by atoms with Crippen molar-refractivity contribution in [2.45, 2.75) is 6.54 Å². The molecule has 0 aliphatic carbocycles. The molecule has 17 heavy (non-hydrogen) atoms. The van der Waals surface area contributed by atoms with Crippen LogP contribution in [0.25, 0.3) is 0 Å². The zero-order valence-electron chi connectivity index (χ0n) is 8.80. The van der Waals surface area contributed by atoms with Crippen molar-refractivity contribution in [2.75, 3.05) is 11.1 Å². The van der Waals surface area contributed by atoms with E-state index in [2.05, 4.69) is 15.4 Å². The third-order valence-corrected chi connectivity index (χ3v) is 2.33. The highest BCUT2D eigenvalue weighted by Gasteiger charge is 2.07. The van der Waals surface area contributed by atoms with Crippen molar-refractivity contribution in [3.8, 4) is 0 Å². The summed E-state index contributed by atoms with van der Waals surface area (Å²) in [5, 5.41) is 6.97. The number of rotatable bonds is 3. The number of nitrogens with two attached hydrogens (primary N) is 1. The summed E-state index contributed by atoms with van der Waals surface area (Å²) in [7, 11) is 0. The second-order valence-electron chi connectivity index (χ2n) is 3.37. The molecular weight excluding hydrogens is 242 g/mol. The van der Waals surface area contributed by atoms with Gasteiger partial charge in [-0.15, -0.1) is 0 Å². The van der Waals surface area contributed by atoms with E-state index in [0.717, 1.165) is 0 Å².